The molecule has 5 nitrogen and oxygen atoms in total. The smallest absolute Gasteiger partial charge is 0.311 e. The fraction of sp³-hybridized carbons (Fsp3) is 0.457. The lowest BCUT2D eigenvalue weighted by atomic mass is 9.96. The van der Waals surface area contributed by atoms with Gasteiger partial charge in [-0.1, -0.05) is 94.7 Å². The summed E-state index contributed by atoms with van der Waals surface area (Å²) in [6, 6.07) is 21.8. The van der Waals surface area contributed by atoms with Crippen LogP contribution in [-0.2, 0) is 17.8 Å². The van der Waals surface area contributed by atoms with E-state index in [-0.39, 0.29) is 12.1 Å². The molecule has 0 aromatic heterocycles. The van der Waals surface area contributed by atoms with Gasteiger partial charge in [-0.3, -0.25) is 4.79 Å². The first-order chi connectivity index (χ1) is 19.7. The van der Waals surface area contributed by atoms with Gasteiger partial charge in [0.2, 0.25) is 0 Å². The lowest BCUT2D eigenvalue weighted by Gasteiger charge is -2.28. The van der Waals surface area contributed by atoms with Crippen LogP contribution in [0.15, 0.2) is 66.7 Å². The second-order valence-corrected chi connectivity index (χ2v) is 10.6. The molecule has 5 heteroatoms. The van der Waals surface area contributed by atoms with Crippen molar-refractivity contribution in [2.24, 2.45) is 0 Å². The number of esters is 1. The van der Waals surface area contributed by atoms with Crippen molar-refractivity contribution in [3.8, 4) is 23.0 Å². The Labute approximate surface area is 239 Å². The minimum absolute atomic E-state index is 0.154. The number of methoxy groups -OCH3 is 1. The molecule has 0 fully saturated rings. The van der Waals surface area contributed by atoms with E-state index < -0.39 is 0 Å². The zero-order valence-corrected chi connectivity index (χ0v) is 24.2. The number of benzene rings is 3. The van der Waals surface area contributed by atoms with Crippen LogP contribution in [0.3, 0.4) is 0 Å². The van der Waals surface area contributed by atoms with E-state index in [0.717, 1.165) is 48.3 Å². The van der Waals surface area contributed by atoms with Gasteiger partial charge < -0.3 is 18.9 Å². The lowest BCUT2D eigenvalue weighted by Crippen LogP contribution is -2.16. The number of ether oxygens (including phenoxy) is 4. The number of unbranched alkanes of at least 4 members (excludes halogenated alkanes) is 8. The number of hydrogen-bond donors (Lipinski definition) is 0. The number of hydrogen-bond acceptors (Lipinski definition) is 5. The van der Waals surface area contributed by atoms with E-state index in [4.69, 9.17) is 18.9 Å². The Morgan fingerprint density at radius 1 is 0.850 bits per heavy atom. The Bertz CT molecular complexity index is 1190. The van der Waals surface area contributed by atoms with Gasteiger partial charge in [0.05, 0.1) is 7.11 Å². The van der Waals surface area contributed by atoms with Crippen LogP contribution in [0.5, 0.6) is 23.0 Å². The molecule has 0 spiro atoms. The number of aryl methyl sites for hydroxylation is 1. The van der Waals surface area contributed by atoms with Crippen molar-refractivity contribution in [1.29, 1.82) is 0 Å². The van der Waals surface area contributed by atoms with Gasteiger partial charge in [0.1, 0.15) is 35.7 Å². The molecule has 3 aromatic carbocycles. The maximum absolute atomic E-state index is 12.4. The summed E-state index contributed by atoms with van der Waals surface area (Å²) in [6.45, 7) is 2.75. The second kappa shape index (κ2) is 16.0. The van der Waals surface area contributed by atoms with E-state index in [9.17, 15) is 4.79 Å². The average molecular weight is 545 g/mol. The van der Waals surface area contributed by atoms with E-state index in [1.807, 2.05) is 42.5 Å². The number of rotatable bonds is 16. The molecule has 0 amide bonds. The normalized spacial score (nSPS) is 14.2. The molecule has 1 aliphatic heterocycles. The Morgan fingerprint density at radius 3 is 2.33 bits per heavy atom. The minimum atomic E-state index is -0.191. The molecule has 3 aromatic rings. The maximum Gasteiger partial charge on any atom is 0.311 e. The Balaban J connectivity index is 1.26. The van der Waals surface area contributed by atoms with Gasteiger partial charge >= 0.3 is 5.97 Å². The van der Waals surface area contributed by atoms with Crippen molar-refractivity contribution < 1.29 is 23.7 Å². The van der Waals surface area contributed by atoms with E-state index >= 15 is 0 Å². The third kappa shape index (κ3) is 9.04. The van der Waals surface area contributed by atoms with Crippen LogP contribution in [0.4, 0.5) is 0 Å². The number of fused-ring (bicyclic) bond motifs is 1. The molecule has 0 aliphatic carbocycles. The first kappa shape index (κ1) is 29.5. The molecule has 0 radical (unpaired) electrons. The SMILES string of the molecule is CCCCCCCCCCCC(=O)Oc1ccc(C2CCc3ccc(OCc4ccccc4)cc3O2)c(OC)c1. The summed E-state index contributed by atoms with van der Waals surface area (Å²) < 4.78 is 23.7. The molecular formula is C35H44O5. The summed E-state index contributed by atoms with van der Waals surface area (Å²) in [7, 11) is 1.64. The van der Waals surface area contributed by atoms with Gasteiger partial charge in [-0.2, -0.15) is 0 Å². The largest absolute Gasteiger partial charge is 0.496 e. The zero-order valence-electron chi connectivity index (χ0n) is 24.2. The van der Waals surface area contributed by atoms with Gasteiger partial charge in [0.25, 0.3) is 0 Å². The molecule has 0 bridgehead atoms. The first-order valence-corrected chi connectivity index (χ1v) is 15.0. The van der Waals surface area contributed by atoms with Crippen LogP contribution in [-0.4, -0.2) is 13.1 Å². The molecule has 1 aliphatic rings. The van der Waals surface area contributed by atoms with E-state index in [1.54, 1.807) is 13.2 Å². The molecule has 1 atom stereocenters. The van der Waals surface area contributed by atoms with Crippen LogP contribution in [0.25, 0.3) is 0 Å². The third-order valence-corrected chi connectivity index (χ3v) is 7.50. The van der Waals surface area contributed by atoms with Crippen molar-refractivity contribution in [3.63, 3.8) is 0 Å². The van der Waals surface area contributed by atoms with E-state index in [1.165, 1.54) is 50.5 Å². The second-order valence-electron chi connectivity index (χ2n) is 10.6. The first-order valence-electron chi connectivity index (χ1n) is 15.0. The third-order valence-electron chi connectivity index (χ3n) is 7.50. The van der Waals surface area contributed by atoms with E-state index in [0.29, 0.717) is 24.5 Å². The van der Waals surface area contributed by atoms with Crippen LogP contribution in [0.1, 0.15) is 100 Å². The molecule has 4 rings (SSSR count). The quantitative estimate of drug-likeness (QED) is 0.102. The predicted molar refractivity (Wildman–Crippen MR) is 159 cm³/mol. The monoisotopic (exact) mass is 544 g/mol. The zero-order chi connectivity index (χ0) is 28.0. The van der Waals surface area contributed by atoms with Gasteiger partial charge in [-0.15, -0.1) is 0 Å². The summed E-state index contributed by atoms with van der Waals surface area (Å²) in [5.74, 6) is 2.60. The molecule has 0 saturated carbocycles. The van der Waals surface area contributed by atoms with Gasteiger partial charge in [-0.25, -0.2) is 0 Å². The van der Waals surface area contributed by atoms with Gasteiger partial charge in [0, 0.05) is 24.1 Å². The maximum atomic E-state index is 12.4. The van der Waals surface area contributed by atoms with Crippen molar-refractivity contribution in [2.75, 3.05) is 7.11 Å². The van der Waals surface area contributed by atoms with Crippen molar-refractivity contribution in [3.05, 3.63) is 83.4 Å². The topological polar surface area (TPSA) is 54.0 Å². The summed E-state index contributed by atoms with van der Waals surface area (Å²) in [6.07, 6.45) is 13.0. The standard InChI is InChI=1S/C35H44O5/c1-3-4-5-6-7-8-9-10-14-17-35(36)39-30-21-22-31(34(25-30)37-2)32-23-19-28-18-20-29(24-33(28)40-32)38-26-27-15-12-11-13-16-27/h11-13,15-16,18,20-22,24-25,32H,3-10,14,17,19,23,26H2,1-2H3. The van der Waals surface area contributed by atoms with Gasteiger partial charge in [0.15, 0.2) is 0 Å². The summed E-state index contributed by atoms with van der Waals surface area (Å²) in [5.41, 5.74) is 3.24. The lowest BCUT2D eigenvalue weighted by molar-refractivity contribution is -0.134. The van der Waals surface area contributed by atoms with Gasteiger partial charge in [-0.05, 0) is 48.6 Å². The number of carbonyl (C=O) groups excluding carboxylic acids is 1. The number of carbonyl (C=O) groups is 1. The Hall–Kier alpha value is -3.47. The van der Waals surface area contributed by atoms with E-state index in [2.05, 4.69) is 25.1 Å². The molecule has 1 unspecified atom stereocenters. The minimum Gasteiger partial charge on any atom is -0.496 e. The highest BCUT2D eigenvalue weighted by molar-refractivity contribution is 5.72. The van der Waals surface area contributed by atoms with Crippen molar-refractivity contribution in [1.82, 2.24) is 0 Å². The van der Waals surface area contributed by atoms with Crippen molar-refractivity contribution in [2.45, 2.75) is 96.7 Å². The van der Waals surface area contributed by atoms with Crippen LogP contribution in [0.2, 0.25) is 0 Å². The fourth-order valence-electron chi connectivity index (χ4n) is 5.18. The summed E-state index contributed by atoms with van der Waals surface area (Å²) >= 11 is 0. The van der Waals surface area contributed by atoms with Crippen LogP contribution in [0, 0.1) is 0 Å². The molecular weight excluding hydrogens is 500 g/mol. The highest BCUT2D eigenvalue weighted by Crippen LogP contribution is 2.40. The Morgan fingerprint density at radius 2 is 1.57 bits per heavy atom. The summed E-state index contributed by atoms with van der Waals surface area (Å²) in [5, 5.41) is 0. The highest BCUT2D eigenvalue weighted by Gasteiger charge is 2.25. The molecule has 0 N–H and O–H groups in total. The fourth-order valence-corrected chi connectivity index (χ4v) is 5.18. The van der Waals surface area contributed by atoms with Crippen LogP contribution >= 0.6 is 0 Å². The highest BCUT2D eigenvalue weighted by atomic mass is 16.5. The molecule has 1 heterocycles. The average Bonchev–Trinajstić information content (AvgIpc) is 2.99. The Kier molecular flexibility index (Phi) is 11.8. The molecule has 0 saturated heterocycles. The van der Waals surface area contributed by atoms with Crippen LogP contribution < -0.4 is 18.9 Å². The van der Waals surface area contributed by atoms with Crippen molar-refractivity contribution >= 4 is 5.97 Å². The summed E-state index contributed by atoms with van der Waals surface area (Å²) in [4.78, 5) is 12.4. The molecule has 214 valence electrons. The predicted octanol–water partition coefficient (Wildman–Crippen LogP) is 9.17. The molecule has 40 heavy (non-hydrogen) atoms.